The highest BCUT2D eigenvalue weighted by Crippen LogP contribution is 2.56. The lowest BCUT2D eigenvalue weighted by atomic mass is 10.00. The Morgan fingerprint density at radius 1 is 1.10 bits per heavy atom. The number of aliphatic imine (C=N–C) groups is 1. The Kier molecular flexibility index (Phi) is 8.38. The number of imide groups is 1. The molecule has 1 fully saturated rings. The molecule has 15 heteroatoms. The van der Waals surface area contributed by atoms with Crippen LogP contribution < -0.4 is 5.73 Å². The number of benzene rings is 1. The molecule has 0 saturated heterocycles. The van der Waals surface area contributed by atoms with Crippen molar-refractivity contribution in [2.24, 2.45) is 10.7 Å². The van der Waals surface area contributed by atoms with Crippen molar-refractivity contribution in [2.75, 3.05) is 0 Å². The third-order valence-corrected chi connectivity index (χ3v) is 6.67. The van der Waals surface area contributed by atoms with Gasteiger partial charge in [0.15, 0.2) is 0 Å². The molecular weight excluding hydrogens is 583 g/mol. The van der Waals surface area contributed by atoms with Gasteiger partial charge in [-0.1, -0.05) is 17.7 Å². The highest BCUT2D eigenvalue weighted by atomic mass is 35.5. The van der Waals surface area contributed by atoms with Crippen molar-refractivity contribution in [1.29, 1.82) is 5.26 Å². The maximum atomic E-state index is 14.9. The van der Waals surface area contributed by atoms with Gasteiger partial charge >= 0.3 is 18.0 Å². The lowest BCUT2D eigenvalue weighted by molar-refractivity contribution is -0.350. The molecule has 0 radical (unpaired) electrons. The minimum absolute atomic E-state index is 0.0490. The molecule has 0 aliphatic heterocycles. The van der Waals surface area contributed by atoms with E-state index in [1.807, 2.05) is 6.07 Å². The average Bonchev–Trinajstić information content (AvgIpc) is 3.61. The second-order valence-electron chi connectivity index (χ2n) is 9.74. The Morgan fingerprint density at radius 3 is 2.15 bits per heavy atom. The number of allylic oxidation sites excluding steroid dienone is 1. The predicted octanol–water partition coefficient (Wildman–Crippen LogP) is 6.76. The van der Waals surface area contributed by atoms with E-state index in [0.717, 1.165) is 25.4 Å². The Bertz CT molecular complexity index is 1450. The number of carbonyl (C=O) groups is 2. The summed E-state index contributed by atoms with van der Waals surface area (Å²) in [5, 5.41) is 9.34. The lowest BCUT2D eigenvalue weighted by Crippen LogP contribution is -2.51. The monoisotopic (exact) mass is 605 g/mol. The summed E-state index contributed by atoms with van der Waals surface area (Å²) in [6.45, 7) is 3.77. The number of aromatic nitrogens is 1. The number of carbonyl (C=O) groups excluding carboxylic acids is 2. The van der Waals surface area contributed by atoms with Crippen molar-refractivity contribution in [3.05, 3.63) is 58.4 Å². The summed E-state index contributed by atoms with van der Waals surface area (Å²) in [6, 6.07) is 6.14. The molecule has 1 aromatic heterocycles. The fourth-order valence-electron chi connectivity index (χ4n) is 4.17. The minimum atomic E-state index is -6.29. The molecule has 1 aromatic carbocycles. The number of halogens is 8. The van der Waals surface area contributed by atoms with Gasteiger partial charge in [0, 0.05) is 31.0 Å². The third-order valence-electron chi connectivity index (χ3n) is 6.34. The number of rotatable bonds is 7. The van der Waals surface area contributed by atoms with Crippen molar-refractivity contribution in [3.63, 3.8) is 0 Å². The van der Waals surface area contributed by atoms with Crippen LogP contribution in [0, 0.1) is 11.3 Å². The van der Waals surface area contributed by atoms with Crippen molar-refractivity contribution >= 4 is 41.0 Å². The molecule has 3 rings (SSSR count). The highest BCUT2D eigenvalue weighted by Gasteiger charge is 2.75. The lowest BCUT2D eigenvalue weighted by Gasteiger charge is -2.31. The van der Waals surface area contributed by atoms with Gasteiger partial charge in [-0.05, 0) is 56.5 Å². The van der Waals surface area contributed by atoms with Crippen molar-refractivity contribution in [3.8, 4) is 6.07 Å². The first-order valence-corrected chi connectivity index (χ1v) is 12.3. The summed E-state index contributed by atoms with van der Waals surface area (Å²) in [5.41, 5.74) is -3.10. The van der Waals surface area contributed by atoms with Gasteiger partial charge in [-0.2, -0.15) is 31.6 Å². The summed E-state index contributed by atoms with van der Waals surface area (Å²) >= 11 is 6.19. The summed E-state index contributed by atoms with van der Waals surface area (Å²) in [5.74, 6) is -2.03. The second kappa shape index (κ2) is 10.8. The first-order valence-electron chi connectivity index (χ1n) is 11.9. The number of hydrogen-bond donors (Lipinski definition) is 1. The van der Waals surface area contributed by atoms with Crippen LogP contribution >= 0.6 is 11.6 Å². The topological polar surface area (TPSA) is 104 Å². The van der Waals surface area contributed by atoms with Crippen LogP contribution in [0.25, 0.3) is 5.57 Å². The van der Waals surface area contributed by atoms with E-state index >= 15 is 0 Å². The minimum Gasteiger partial charge on any atom is -0.404 e. The number of hydrogen-bond acceptors (Lipinski definition) is 5. The quantitative estimate of drug-likeness (QED) is 0.278. The zero-order chi connectivity index (χ0) is 31.1. The highest BCUT2D eigenvalue weighted by molar-refractivity contribution is 6.34. The Balaban J connectivity index is 2.06. The van der Waals surface area contributed by atoms with Gasteiger partial charge < -0.3 is 10.3 Å². The largest absolute Gasteiger partial charge is 0.437 e. The van der Waals surface area contributed by atoms with Crippen LogP contribution in [-0.4, -0.2) is 45.4 Å². The Hall–Kier alpha value is -3.86. The molecule has 41 heavy (non-hydrogen) atoms. The molecule has 0 atom stereocenters. The van der Waals surface area contributed by atoms with E-state index in [4.69, 9.17) is 17.3 Å². The van der Waals surface area contributed by atoms with Gasteiger partial charge in [0.05, 0.1) is 22.3 Å². The molecule has 1 aliphatic carbocycles. The van der Waals surface area contributed by atoms with E-state index in [1.54, 1.807) is 0 Å². The van der Waals surface area contributed by atoms with Gasteiger partial charge in [0.1, 0.15) is 11.4 Å². The molecular formula is C26H23ClF7N5O2. The zero-order valence-corrected chi connectivity index (χ0v) is 22.5. The normalized spacial score (nSPS) is 15.2. The average molecular weight is 606 g/mol. The third kappa shape index (κ3) is 5.81. The molecule has 2 amide bonds. The molecule has 1 heterocycles. The van der Waals surface area contributed by atoms with E-state index in [-0.39, 0.29) is 40.4 Å². The van der Waals surface area contributed by atoms with E-state index in [1.165, 1.54) is 32.0 Å². The summed E-state index contributed by atoms with van der Waals surface area (Å²) < 4.78 is 96.0. The van der Waals surface area contributed by atoms with E-state index in [2.05, 4.69) is 4.99 Å². The molecule has 2 N–H and O–H groups in total. The van der Waals surface area contributed by atoms with E-state index in [0.29, 0.717) is 15.5 Å². The summed E-state index contributed by atoms with van der Waals surface area (Å²) in [4.78, 5) is 30.1. The maximum absolute atomic E-state index is 14.9. The number of nitrogens with two attached hydrogens (primary N) is 1. The van der Waals surface area contributed by atoms with Crippen molar-refractivity contribution < 1.29 is 40.3 Å². The number of nitriles is 1. The van der Waals surface area contributed by atoms with Gasteiger partial charge in [-0.15, -0.1) is 0 Å². The second-order valence-corrected chi connectivity index (χ2v) is 10.1. The molecule has 1 aliphatic rings. The van der Waals surface area contributed by atoms with Crippen LogP contribution in [0.15, 0.2) is 41.5 Å². The summed E-state index contributed by atoms with van der Waals surface area (Å²) in [6.07, 6.45) is -10.1. The molecule has 0 spiro atoms. The van der Waals surface area contributed by atoms with Gasteiger partial charge in [0.25, 0.3) is 5.91 Å². The Morgan fingerprint density at radius 2 is 1.68 bits per heavy atom. The molecule has 220 valence electrons. The van der Waals surface area contributed by atoms with Crippen molar-refractivity contribution in [1.82, 2.24) is 9.47 Å². The number of nitrogens with zero attached hydrogens (tertiary/aromatic N) is 4. The standard InChI is InChI=1S/C26H23ClF7N5O2/c1-14(40)39(23(2,3)13-36)22(41)18-10-15(4-7-19(18)27)16(11-35)12-37-21-9-8-20(38(21)17-5-6-17)24(28,25(29,30)31)26(32,33)34/h4,7-12,17H,5-6,35H2,1-3H3. The van der Waals surface area contributed by atoms with Crippen LogP contribution in [0.3, 0.4) is 0 Å². The van der Waals surface area contributed by atoms with Gasteiger partial charge in [0.2, 0.25) is 5.91 Å². The van der Waals surface area contributed by atoms with E-state index in [9.17, 15) is 45.6 Å². The predicted molar refractivity (Wildman–Crippen MR) is 136 cm³/mol. The van der Waals surface area contributed by atoms with E-state index < -0.39 is 47.1 Å². The smallest absolute Gasteiger partial charge is 0.404 e. The zero-order valence-electron chi connectivity index (χ0n) is 21.7. The van der Waals surface area contributed by atoms with Crippen LogP contribution in [0.4, 0.5) is 36.6 Å². The molecule has 0 unspecified atom stereocenters. The SMILES string of the molecule is CC(=O)N(C(=O)c1cc(C(C=Nc2ccc(C(F)(C(F)(F)F)C(F)(F)F)n2C2CC2)=CN)ccc1Cl)C(C)(C)C#N. The first-order chi connectivity index (χ1) is 18.8. The van der Waals surface area contributed by atoms with Crippen LogP contribution in [-0.2, 0) is 10.5 Å². The summed E-state index contributed by atoms with van der Waals surface area (Å²) in [7, 11) is 0. The number of amides is 2. The van der Waals surface area contributed by atoms with Gasteiger partial charge in [-0.25, -0.2) is 9.38 Å². The number of alkyl halides is 7. The van der Waals surface area contributed by atoms with Gasteiger partial charge in [-0.3, -0.25) is 14.5 Å². The van der Waals surface area contributed by atoms with Crippen molar-refractivity contribution in [2.45, 2.75) is 63.2 Å². The fourth-order valence-corrected chi connectivity index (χ4v) is 4.37. The van der Waals surface area contributed by atoms with Crippen LogP contribution in [0.1, 0.15) is 61.3 Å². The fraction of sp³-hybridized carbons (Fsp3) is 0.385. The molecule has 7 nitrogen and oxygen atoms in total. The first kappa shape index (κ1) is 31.7. The van der Waals surface area contributed by atoms with Crippen LogP contribution in [0.2, 0.25) is 5.02 Å². The Labute approximate surface area is 234 Å². The maximum Gasteiger partial charge on any atom is 0.437 e. The molecule has 1 saturated carbocycles. The van der Waals surface area contributed by atoms with Crippen LogP contribution in [0.5, 0.6) is 0 Å². The molecule has 2 aromatic rings. The molecule has 0 bridgehead atoms.